The summed E-state index contributed by atoms with van der Waals surface area (Å²) < 4.78 is 11.9. The number of ether oxygens (including phenoxy) is 2. The highest BCUT2D eigenvalue weighted by Gasteiger charge is 2.72. The average Bonchev–Trinajstić information content (AvgIpc) is 3.56. The molecule has 9 nitrogen and oxygen atoms in total. The second kappa shape index (κ2) is 10.6. The number of nitrogens with zero attached hydrogens (tertiary/aromatic N) is 2. The van der Waals surface area contributed by atoms with Gasteiger partial charge in [0.15, 0.2) is 0 Å². The predicted octanol–water partition coefficient (Wildman–Crippen LogP) is 2.21. The van der Waals surface area contributed by atoms with E-state index in [1.165, 1.54) is 6.42 Å². The SMILES string of the molecule is O=C(Nc1cccc(Cl)c1)[C@@H]1[C@H]2C=C[C@@]3(O2)[C@H]1C(=O)N(CCN1CCOCC1)[C@@H]3C(=O)NC1CCCCC1. The number of anilines is 1. The summed E-state index contributed by atoms with van der Waals surface area (Å²) in [6.45, 7) is 3.93. The van der Waals surface area contributed by atoms with Crippen molar-refractivity contribution >= 4 is 35.0 Å². The summed E-state index contributed by atoms with van der Waals surface area (Å²) in [7, 11) is 0. The molecule has 38 heavy (non-hydrogen) atoms. The van der Waals surface area contributed by atoms with Crippen molar-refractivity contribution in [3.05, 3.63) is 41.4 Å². The van der Waals surface area contributed by atoms with Crippen molar-refractivity contribution in [2.75, 3.05) is 44.7 Å². The first-order valence-corrected chi connectivity index (χ1v) is 14.2. The highest BCUT2D eigenvalue weighted by atomic mass is 35.5. The van der Waals surface area contributed by atoms with Crippen molar-refractivity contribution in [2.24, 2.45) is 11.8 Å². The molecule has 1 saturated carbocycles. The molecular formula is C28H35ClN4O5. The number of nitrogens with one attached hydrogen (secondary N) is 2. The fourth-order valence-corrected chi connectivity index (χ4v) is 7.09. The van der Waals surface area contributed by atoms with Crippen LogP contribution in [0.5, 0.6) is 0 Å². The van der Waals surface area contributed by atoms with Crippen molar-refractivity contribution in [1.29, 1.82) is 0 Å². The van der Waals surface area contributed by atoms with E-state index in [2.05, 4.69) is 15.5 Å². The van der Waals surface area contributed by atoms with Gasteiger partial charge in [0.25, 0.3) is 0 Å². The monoisotopic (exact) mass is 542 g/mol. The van der Waals surface area contributed by atoms with Crippen LogP contribution in [-0.4, -0.2) is 90.7 Å². The molecule has 1 aromatic rings. The van der Waals surface area contributed by atoms with Crippen molar-refractivity contribution in [3.8, 4) is 0 Å². The second-order valence-electron chi connectivity index (χ2n) is 11.0. The fourth-order valence-electron chi connectivity index (χ4n) is 6.90. The molecular weight excluding hydrogens is 508 g/mol. The smallest absolute Gasteiger partial charge is 0.246 e. The van der Waals surface area contributed by atoms with Gasteiger partial charge in [-0.25, -0.2) is 0 Å². The predicted molar refractivity (Wildman–Crippen MR) is 142 cm³/mol. The number of morpholine rings is 1. The van der Waals surface area contributed by atoms with Crippen molar-refractivity contribution in [1.82, 2.24) is 15.1 Å². The summed E-state index contributed by atoms with van der Waals surface area (Å²) in [5, 5.41) is 6.66. The van der Waals surface area contributed by atoms with Gasteiger partial charge in [-0.2, -0.15) is 0 Å². The number of amides is 3. The van der Waals surface area contributed by atoms with Gasteiger partial charge in [0, 0.05) is 42.9 Å². The molecule has 0 unspecified atom stereocenters. The zero-order valence-electron chi connectivity index (χ0n) is 21.4. The molecule has 1 spiro atoms. The lowest BCUT2D eigenvalue weighted by molar-refractivity contribution is -0.141. The van der Waals surface area contributed by atoms with Crippen LogP contribution in [0.1, 0.15) is 32.1 Å². The molecule has 6 rings (SSSR count). The van der Waals surface area contributed by atoms with Crippen LogP contribution in [0, 0.1) is 11.8 Å². The molecule has 1 aliphatic carbocycles. The molecule has 204 valence electrons. The highest BCUT2D eigenvalue weighted by molar-refractivity contribution is 6.30. The number of halogens is 1. The third-order valence-corrected chi connectivity index (χ3v) is 8.96. The molecule has 3 amide bonds. The molecule has 5 aliphatic rings. The Labute approximate surface area is 227 Å². The Hall–Kier alpha value is -2.46. The Morgan fingerprint density at radius 3 is 2.63 bits per heavy atom. The Kier molecular flexibility index (Phi) is 7.20. The van der Waals surface area contributed by atoms with Crippen LogP contribution >= 0.6 is 11.6 Å². The molecule has 4 fully saturated rings. The number of fused-ring (bicyclic) bond motifs is 1. The lowest BCUT2D eigenvalue weighted by Crippen LogP contribution is -2.57. The van der Waals surface area contributed by atoms with Gasteiger partial charge in [0.1, 0.15) is 11.6 Å². The minimum absolute atomic E-state index is 0.104. The first-order chi connectivity index (χ1) is 18.5. The van der Waals surface area contributed by atoms with E-state index in [0.717, 1.165) is 38.8 Å². The number of hydrogen-bond acceptors (Lipinski definition) is 6. The maximum atomic E-state index is 14.1. The van der Waals surface area contributed by atoms with E-state index in [9.17, 15) is 14.4 Å². The normalized spacial score (nSPS) is 33.0. The van der Waals surface area contributed by atoms with Crippen LogP contribution in [-0.2, 0) is 23.9 Å². The summed E-state index contributed by atoms with van der Waals surface area (Å²) in [6, 6.07) is 6.22. The van der Waals surface area contributed by atoms with E-state index in [-0.39, 0.29) is 23.8 Å². The van der Waals surface area contributed by atoms with E-state index in [0.29, 0.717) is 37.0 Å². The van der Waals surface area contributed by atoms with E-state index in [1.807, 2.05) is 12.2 Å². The van der Waals surface area contributed by atoms with E-state index >= 15 is 0 Å². The first-order valence-electron chi connectivity index (χ1n) is 13.8. The van der Waals surface area contributed by atoms with Gasteiger partial charge >= 0.3 is 0 Å². The molecule has 10 heteroatoms. The molecule has 4 heterocycles. The van der Waals surface area contributed by atoms with Crippen LogP contribution in [0.15, 0.2) is 36.4 Å². The third kappa shape index (κ3) is 4.63. The third-order valence-electron chi connectivity index (χ3n) is 8.73. The first kappa shape index (κ1) is 25.8. The standard InChI is InChI=1S/C28H35ClN4O5/c29-18-5-4-8-20(17-18)31-25(34)22-21-9-10-28(38-21)23(22)27(36)33(12-11-32-13-15-37-16-14-32)24(28)26(35)30-19-6-2-1-3-7-19/h4-5,8-10,17,19,21-24H,1-3,6-7,11-16H2,(H,30,35)(H,31,34)/t21-,22-,23-,24-,28-/m1/s1. The number of rotatable bonds is 7. The van der Waals surface area contributed by atoms with Gasteiger partial charge in [-0.3, -0.25) is 19.3 Å². The zero-order valence-corrected chi connectivity index (χ0v) is 22.2. The van der Waals surface area contributed by atoms with Crippen LogP contribution in [0.3, 0.4) is 0 Å². The van der Waals surface area contributed by atoms with E-state index < -0.39 is 29.6 Å². The largest absolute Gasteiger partial charge is 0.379 e. The van der Waals surface area contributed by atoms with Crippen molar-refractivity contribution < 1.29 is 23.9 Å². The van der Waals surface area contributed by atoms with Gasteiger partial charge in [0.05, 0.1) is 31.2 Å². The Bertz CT molecular complexity index is 1120. The van der Waals surface area contributed by atoms with Crippen molar-refractivity contribution in [2.45, 2.75) is 55.9 Å². The molecule has 5 atom stereocenters. The highest BCUT2D eigenvalue weighted by Crippen LogP contribution is 2.55. The zero-order chi connectivity index (χ0) is 26.3. The van der Waals surface area contributed by atoms with Crippen LogP contribution in [0.2, 0.25) is 5.02 Å². The number of carbonyl (C=O) groups excluding carboxylic acids is 3. The average molecular weight is 543 g/mol. The Morgan fingerprint density at radius 1 is 1.08 bits per heavy atom. The maximum absolute atomic E-state index is 14.1. The van der Waals surface area contributed by atoms with Crippen LogP contribution in [0.4, 0.5) is 5.69 Å². The quantitative estimate of drug-likeness (QED) is 0.513. The summed E-state index contributed by atoms with van der Waals surface area (Å²) in [6.07, 6.45) is 8.40. The minimum Gasteiger partial charge on any atom is -0.379 e. The van der Waals surface area contributed by atoms with Crippen LogP contribution < -0.4 is 10.6 Å². The van der Waals surface area contributed by atoms with E-state index in [1.54, 1.807) is 29.2 Å². The number of carbonyl (C=O) groups is 3. The van der Waals surface area contributed by atoms with Gasteiger partial charge in [0.2, 0.25) is 17.7 Å². The van der Waals surface area contributed by atoms with Gasteiger partial charge in [-0.05, 0) is 31.0 Å². The number of likely N-dealkylation sites (tertiary alicyclic amines) is 1. The van der Waals surface area contributed by atoms with Gasteiger partial charge in [-0.15, -0.1) is 0 Å². The molecule has 0 radical (unpaired) electrons. The molecule has 0 aromatic heterocycles. The van der Waals surface area contributed by atoms with Crippen molar-refractivity contribution in [3.63, 3.8) is 0 Å². The molecule has 3 saturated heterocycles. The maximum Gasteiger partial charge on any atom is 0.246 e. The molecule has 2 N–H and O–H groups in total. The minimum atomic E-state index is -1.15. The molecule has 2 bridgehead atoms. The summed E-state index contributed by atoms with van der Waals surface area (Å²) >= 11 is 6.11. The molecule has 4 aliphatic heterocycles. The summed E-state index contributed by atoms with van der Waals surface area (Å²) in [4.78, 5) is 45.4. The van der Waals surface area contributed by atoms with Gasteiger partial charge in [-0.1, -0.05) is 49.1 Å². The van der Waals surface area contributed by atoms with Crippen LogP contribution in [0.25, 0.3) is 0 Å². The Balaban J connectivity index is 1.27. The lowest BCUT2D eigenvalue weighted by Gasteiger charge is -2.35. The second-order valence-corrected chi connectivity index (χ2v) is 11.5. The molecule has 1 aromatic carbocycles. The number of hydrogen-bond donors (Lipinski definition) is 2. The lowest BCUT2D eigenvalue weighted by atomic mass is 9.74. The fraction of sp³-hybridized carbons (Fsp3) is 0.607. The number of benzene rings is 1. The summed E-state index contributed by atoms with van der Waals surface area (Å²) in [5.41, 5.74) is -0.591. The topological polar surface area (TPSA) is 100 Å². The van der Waals surface area contributed by atoms with E-state index in [4.69, 9.17) is 21.1 Å². The van der Waals surface area contributed by atoms with Gasteiger partial charge < -0.3 is 25.0 Å². The summed E-state index contributed by atoms with van der Waals surface area (Å²) in [5.74, 6) is -2.17. The Morgan fingerprint density at radius 2 is 1.87 bits per heavy atom.